The number of amides is 1. The third-order valence-electron chi connectivity index (χ3n) is 5.09. The molecule has 0 saturated carbocycles. The van der Waals surface area contributed by atoms with Gasteiger partial charge in [0.1, 0.15) is 0 Å². The molecule has 0 fully saturated rings. The van der Waals surface area contributed by atoms with Crippen LogP contribution in [0.4, 0.5) is 5.69 Å². The monoisotopic (exact) mass is 455 g/mol. The van der Waals surface area contributed by atoms with Crippen LogP contribution in [0.2, 0.25) is 0 Å². The van der Waals surface area contributed by atoms with Crippen molar-refractivity contribution in [1.29, 1.82) is 0 Å². The highest BCUT2D eigenvalue weighted by Crippen LogP contribution is 2.33. The largest absolute Gasteiger partial charge is 0.493 e. The van der Waals surface area contributed by atoms with Crippen molar-refractivity contribution in [3.05, 3.63) is 53.1 Å². The van der Waals surface area contributed by atoms with Crippen LogP contribution in [0.3, 0.4) is 0 Å². The molecule has 2 aromatic rings. The van der Waals surface area contributed by atoms with Crippen LogP contribution in [0.1, 0.15) is 29.5 Å². The highest BCUT2D eigenvalue weighted by atomic mass is 35.5. The van der Waals surface area contributed by atoms with E-state index in [1.165, 1.54) is 11.1 Å². The number of carbonyl (C=O) groups is 1. The Bertz CT molecular complexity index is 833. The summed E-state index contributed by atoms with van der Waals surface area (Å²) in [6, 6.07) is 12.1. The number of halogens is 2. The van der Waals surface area contributed by atoms with E-state index < -0.39 is 0 Å². The van der Waals surface area contributed by atoms with Gasteiger partial charge in [-0.15, -0.1) is 24.8 Å². The molecule has 8 heteroatoms. The molecule has 30 heavy (non-hydrogen) atoms. The third-order valence-corrected chi connectivity index (χ3v) is 5.09. The number of rotatable bonds is 8. The van der Waals surface area contributed by atoms with Crippen molar-refractivity contribution in [1.82, 2.24) is 4.90 Å². The second kappa shape index (κ2) is 12.6. The molecule has 1 aliphatic rings. The molecule has 0 unspecified atom stereocenters. The molecule has 6 nitrogen and oxygen atoms in total. The number of nitrogens with one attached hydrogen (secondary N) is 1. The number of benzene rings is 2. The lowest BCUT2D eigenvalue weighted by Crippen LogP contribution is -2.30. The van der Waals surface area contributed by atoms with Gasteiger partial charge in [0.25, 0.3) is 0 Å². The summed E-state index contributed by atoms with van der Waals surface area (Å²) >= 11 is 0. The van der Waals surface area contributed by atoms with Crippen LogP contribution >= 0.6 is 24.8 Å². The second-order valence-corrected chi connectivity index (χ2v) is 7.03. The Hall–Kier alpha value is -1.99. The molecule has 3 rings (SSSR count). The van der Waals surface area contributed by atoms with Crippen LogP contribution < -0.4 is 20.5 Å². The SMILES string of the molecule is COc1cc2c(cc1OC)CN(Cc1ccccc1NC(=O)CCCN)CC2.Cl.Cl. The Kier molecular flexibility index (Phi) is 11.0. The lowest BCUT2D eigenvalue weighted by molar-refractivity contribution is -0.116. The average Bonchev–Trinajstić information content (AvgIpc) is 2.72. The molecule has 1 heterocycles. The number of hydrogen-bond donors (Lipinski definition) is 2. The molecule has 2 aromatic carbocycles. The Morgan fingerprint density at radius 1 is 1.10 bits per heavy atom. The maximum atomic E-state index is 12.1. The summed E-state index contributed by atoms with van der Waals surface area (Å²) in [7, 11) is 3.33. The smallest absolute Gasteiger partial charge is 0.224 e. The number of carbonyl (C=O) groups excluding carboxylic acids is 1. The van der Waals surface area contributed by atoms with Crippen LogP contribution in [-0.2, 0) is 24.3 Å². The van der Waals surface area contributed by atoms with Crippen molar-refractivity contribution in [3.63, 3.8) is 0 Å². The van der Waals surface area contributed by atoms with Gasteiger partial charge in [0.05, 0.1) is 14.2 Å². The highest BCUT2D eigenvalue weighted by molar-refractivity contribution is 5.91. The fourth-order valence-corrected chi connectivity index (χ4v) is 3.57. The Balaban J connectivity index is 0.00000225. The van der Waals surface area contributed by atoms with Gasteiger partial charge < -0.3 is 20.5 Å². The van der Waals surface area contributed by atoms with Gasteiger partial charge in [-0.2, -0.15) is 0 Å². The van der Waals surface area contributed by atoms with E-state index in [-0.39, 0.29) is 30.7 Å². The second-order valence-electron chi connectivity index (χ2n) is 7.03. The van der Waals surface area contributed by atoms with Crippen LogP contribution in [-0.4, -0.2) is 38.1 Å². The summed E-state index contributed by atoms with van der Waals surface area (Å²) < 4.78 is 10.9. The normalized spacial score (nSPS) is 12.8. The Morgan fingerprint density at radius 3 is 2.43 bits per heavy atom. The number of anilines is 1. The Labute approximate surface area is 190 Å². The molecule has 0 aromatic heterocycles. The van der Waals surface area contributed by atoms with Gasteiger partial charge in [-0.3, -0.25) is 9.69 Å². The van der Waals surface area contributed by atoms with Crippen molar-refractivity contribution >= 4 is 36.4 Å². The average molecular weight is 456 g/mol. The van der Waals surface area contributed by atoms with Crippen molar-refractivity contribution in [2.75, 3.05) is 32.6 Å². The molecule has 0 spiro atoms. The quantitative estimate of drug-likeness (QED) is 0.632. The molecule has 1 aliphatic heterocycles. The first kappa shape index (κ1) is 26.0. The first-order chi connectivity index (χ1) is 13.6. The first-order valence-corrected chi connectivity index (χ1v) is 9.68. The lowest BCUT2D eigenvalue weighted by Gasteiger charge is -2.30. The molecule has 0 atom stereocenters. The topological polar surface area (TPSA) is 76.8 Å². The Morgan fingerprint density at radius 2 is 1.77 bits per heavy atom. The van der Waals surface area contributed by atoms with Crippen LogP contribution in [0.5, 0.6) is 11.5 Å². The first-order valence-electron chi connectivity index (χ1n) is 9.68. The van der Waals surface area contributed by atoms with Gasteiger partial charge >= 0.3 is 0 Å². The molecule has 166 valence electrons. The number of ether oxygens (including phenoxy) is 2. The van der Waals surface area contributed by atoms with E-state index in [2.05, 4.69) is 28.4 Å². The van der Waals surface area contributed by atoms with Crippen molar-refractivity contribution < 1.29 is 14.3 Å². The maximum Gasteiger partial charge on any atom is 0.224 e. The summed E-state index contributed by atoms with van der Waals surface area (Å²) in [4.78, 5) is 14.5. The third kappa shape index (κ3) is 6.51. The predicted octanol–water partition coefficient (Wildman–Crippen LogP) is 3.78. The number of hydrogen-bond acceptors (Lipinski definition) is 5. The number of methoxy groups -OCH3 is 2. The van der Waals surface area contributed by atoms with Gasteiger partial charge in [-0.25, -0.2) is 0 Å². The van der Waals surface area contributed by atoms with Gasteiger partial charge in [0, 0.05) is 31.7 Å². The van der Waals surface area contributed by atoms with Crippen molar-refractivity contribution in [2.45, 2.75) is 32.4 Å². The summed E-state index contributed by atoms with van der Waals surface area (Å²) in [6.07, 6.45) is 2.10. The molecule has 1 amide bonds. The molecular formula is C22H31Cl2N3O3. The lowest BCUT2D eigenvalue weighted by atomic mass is 9.98. The molecule has 0 saturated heterocycles. The van der Waals surface area contributed by atoms with Crippen LogP contribution in [0.15, 0.2) is 36.4 Å². The van der Waals surface area contributed by atoms with E-state index in [4.69, 9.17) is 15.2 Å². The van der Waals surface area contributed by atoms with E-state index in [1.807, 2.05) is 18.2 Å². The maximum absolute atomic E-state index is 12.1. The van der Waals surface area contributed by atoms with Crippen molar-refractivity contribution in [2.24, 2.45) is 5.73 Å². The summed E-state index contributed by atoms with van der Waals surface area (Å²) in [5.74, 6) is 1.55. The van der Waals surface area contributed by atoms with E-state index >= 15 is 0 Å². The van der Waals surface area contributed by atoms with Crippen LogP contribution in [0, 0.1) is 0 Å². The summed E-state index contributed by atoms with van der Waals surface area (Å²) in [6.45, 7) is 3.10. The molecule has 0 bridgehead atoms. The zero-order chi connectivity index (χ0) is 19.9. The minimum absolute atomic E-state index is 0. The molecule has 0 aliphatic carbocycles. The number of nitrogens with two attached hydrogens (primary N) is 1. The van der Waals surface area contributed by atoms with Gasteiger partial charge in [-0.05, 0) is 54.3 Å². The van der Waals surface area contributed by atoms with Gasteiger partial charge in [-0.1, -0.05) is 18.2 Å². The zero-order valence-corrected chi connectivity index (χ0v) is 19.1. The molecule has 0 radical (unpaired) electrons. The van der Waals surface area contributed by atoms with E-state index in [1.54, 1.807) is 14.2 Å². The minimum Gasteiger partial charge on any atom is -0.493 e. The van der Waals surface area contributed by atoms with Gasteiger partial charge in [0.15, 0.2) is 11.5 Å². The fraction of sp³-hybridized carbons (Fsp3) is 0.409. The molecule has 3 N–H and O–H groups in total. The van der Waals surface area contributed by atoms with Crippen LogP contribution in [0.25, 0.3) is 0 Å². The fourth-order valence-electron chi connectivity index (χ4n) is 3.57. The van der Waals surface area contributed by atoms with E-state index in [9.17, 15) is 4.79 Å². The van der Waals surface area contributed by atoms with Gasteiger partial charge in [0.2, 0.25) is 5.91 Å². The van der Waals surface area contributed by atoms with Crippen molar-refractivity contribution in [3.8, 4) is 11.5 Å². The summed E-state index contributed by atoms with van der Waals surface area (Å²) in [5, 5.41) is 3.03. The summed E-state index contributed by atoms with van der Waals surface area (Å²) in [5.41, 5.74) is 10.1. The molecular weight excluding hydrogens is 425 g/mol. The standard InChI is InChI=1S/C22H29N3O3.2ClH/c1-27-20-12-16-9-11-25(15-18(16)13-21(20)28-2)14-17-6-3-4-7-19(17)24-22(26)8-5-10-23;;/h3-4,6-7,12-13H,5,8-11,14-15,23H2,1-2H3,(H,24,26);2*1H. The zero-order valence-electron chi connectivity index (χ0n) is 17.5. The minimum atomic E-state index is 0. The number of nitrogens with zero attached hydrogens (tertiary/aromatic N) is 1. The number of fused-ring (bicyclic) bond motifs is 1. The number of para-hydroxylation sites is 1. The predicted molar refractivity (Wildman–Crippen MR) is 125 cm³/mol. The highest BCUT2D eigenvalue weighted by Gasteiger charge is 2.20. The van der Waals surface area contributed by atoms with E-state index in [0.29, 0.717) is 19.4 Å². The van der Waals surface area contributed by atoms with E-state index in [0.717, 1.165) is 48.8 Å².